The maximum atomic E-state index is 12.6. The number of methoxy groups -OCH3 is 2. The van der Waals surface area contributed by atoms with Gasteiger partial charge in [-0.1, -0.05) is 66.4 Å². The summed E-state index contributed by atoms with van der Waals surface area (Å²) in [5, 5.41) is 12.5. The molecule has 0 fully saturated rings. The number of benzene rings is 3. The summed E-state index contributed by atoms with van der Waals surface area (Å²) < 4.78 is 18.2. The number of hydrogen-bond acceptors (Lipinski definition) is 8. The average molecular weight is 542 g/mol. The first-order valence-corrected chi connectivity index (χ1v) is 13.3. The highest BCUT2D eigenvalue weighted by Gasteiger charge is 2.18. The normalized spacial score (nSPS) is 10.8. The van der Waals surface area contributed by atoms with E-state index in [4.69, 9.17) is 13.9 Å². The smallest absolute Gasteiger partial charge is 0.273 e. The lowest BCUT2D eigenvalue weighted by Gasteiger charge is -2.10. The Hall–Kier alpha value is -4.57. The molecule has 0 radical (unpaired) electrons. The van der Waals surface area contributed by atoms with Gasteiger partial charge < -0.3 is 19.2 Å². The molecule has 1 N–H and O–H groups in total. The van der Waals surface area contributed by atoms with Gasteiger partial charge in [0.15, 0.2) is 28.2 Å². The summed E-state index contributed by atoms with van der Waals surface area (Å²) in [5.74, 6) is 2.57. The van der Waals surface area contributed by atoms with Gasteiger partial charge in [0.05, 0.1) is 20.0 Å². The molecule has 0 aliphatic carbocycles. The van der Waals surface area contributed by atoms with Gasteiger partial charge in [-0.05, 0) is 36.2 Å². The number of nitrogens with one attached hydrogen (secondary N) is 1. The largest absolute Gasteiger partial charge is 0.493 e. The Bertz CT molecular complexity index is 1540. The molecule has 0 unspecified atom stereocenters. The van der Waals surface area contributed by atoms with Crippen molar-refractivity contribution in [2.75, 3.05) is 20.8 Å². The minimum Gasteiger partial charge on any atom is -0.493 e. The molecule has 5 rings (SSSR count). The van der Waals surface area contributed by atoms with Gasteiger partial charge in [0.1, 0.15) is 6.26 Å². The number of oxazole rings is 1. The summed E-state index contributed by atoms with van der Waals surface area (Å²) >= 11 is 1.44. The molecular weight excluding hydrogens is 514 g/mol. The lowest BCUT2D eigenvalue weighted by Crippen LogP contribution is -2.26. The fourth-order valence-electron chi connectivity index (χ4n) is 4.00. The van der Waals surface area contributed by atoms with Crippen LogP contribution in [0.3, 0.4) is 0 Å². The van der Waals surface area contributed by atoms with E-state index >= 15 is 0 Å². The van der Waals surface area contributed by atoms with Crippen molar-refractivity contribution in [1.82, 2.24) is 25.1 Å². The molecule has 2 heterocycles. The molecular formula is C29H27N5O4S. The lowest BCUT2D eigenvalue weighted by molar-refractivity contribution is 0.0949. The molecule has 0 aliphatic heterocycles. The van der Waals surface area contributed by atoms with E-state index in [9.17, 15) is 4.79 Å². The Kier molecular flexibility index (Phi) is 8.23. The minimum absolute atomic E-state index is 0.229. The Morgan fingerprint density at radius 1 is 0.949 bits per heavy atom. The standard InChI is InChI=1S/C29H27N5O4S/c1-36-24-14-13-20(17-25(24)37-2)15-16-30-28(35)23-18-38-26(31-23)19-39-29-33-32-27(21-9-5-3-6-10-21)34(29)22-11-7-4-8-12-22/h3-14,17-18H,15-16,19H2,1-2H3,(H,30,35). The minimum atomic E-state index is -0.297. The maximum absolute atomic E-state index is 12.6. The molecule has 0 saturated carbocycles. The van der Waals surface area contributed by atoms with Gasteiger partial charge >= 0.3 is 0 Å². The molecule has 0 atom stereocenters. The molecule has 0 aliphatic rings. The number of aromatic nitrogens is 4. The van der Waals surface area contributed by atoms with Gasteiger partial charge in [-0.3, -0.25) is 9.36 Å². The van der Waals surface area contributed by atoms with E-state index in [0.717, 1.165) is 22.6 Å². The van der Waals surface area contributed by atoms with Gasteiger partial charge in [0, 0.05) is 17.8 Å². The fourth-order valence-corrected chi connectivity index (χ4v) is 4.81. The second-order valence-corrected chi connectivity index (χ2v) is 9.40. The zero-order valence-electron chi connectivity index (χ0n) is 21.5. The van der Waals surface area contributed by atoms with Crippen molar-refractivity contribution in [2.45, 2.75) is 17.3 Å². The molecule has 0 bridgehead atoms. The summed E-state index contributed by atoms with van der Waals surface area (Å²) in [5.41, 5.74) is 3.16. The zero-order valence-corrected chi connectivity index (χ0v) is 22.4. The monoisotopic (exact) mass is 541 g/mol. The number of rotatable bonds is 11. The van der Waals surface area contributed by atoms with Crippen LogP contribution in [0, 0.1) is 0 Å². The van der Waals surface area contributed by atoms with Crippen LogP contribution in [0.4, 0.5) is 0 Å². The van der Waals surface area contributed by atoms with Crippen molar-refractivity contribution < 1.29 is 18.7 Å². The molecule has 198 valence electrons. The zero-order chi connectivity index (χ0) is 27.0. The number of carbonyl (C=O) groups is 1. The third-order valence-electron chi connectivity index (χ3n) is 5.94. The van der Waals surface area contributed by atoms with E-state index in [1.54, 1.807) is 14.2 Å². The fraction of sp³-hybridized carbons (Fsp3) is 0.172. The van der Waals surface area contributed by atoms with Crippen molar-refractivity contribution >= 4 is 17.7 Å². The van der Waals surface area contributed by atoms with Crippen LogP contribution in [0.2, 0.25) is 0 Å². The van der Waals surface area contributed by atoms with Crippen molar-refractivity contribution in [3.8, 4) is 28.6 Å². The quantitative estimate of drug-likeness (QED) is 0.228. The third-order valence-corrected chi connectivity index (χ3v) is 6.85. The van der Waals surface area contributed by atoms with E-state index in [2.05, 4.69) is 20.5 Å². The summed E-state index contributed by atoms with van der Waals surface area (Å²) in [7, 11) is 3.19. The molecule has 10 heteroatoms. The Labute approximate surface area is 230 Å². The van der Waals surface area contributed by atoms with Gasteiger partial charge in [-0.25, -0.2) is 4.98 Å². The highest BCUT2D eigenvalue weighted by atomic mass is 32.2. The van der Waals surface area contributed by atoms with Crippen LogP contribution >= 0.6 is 11.8 Å². The molecule has 9 nitrogen and oxygen atoms in total. The van der Waals surface area contributed by atoms with Crippen LogP contribution in [0.15, 0.2) is 94.7 Å². The first-order chi connectivity index (χ1) is 19.2. The van der Waals surface area contributed by atoms with Crippen LogP contribution in [0.5, 0.6) is 11.5 Å². The van der Waals surface area contributed by atoms with E-state index in [1.165, 1.54) is 18.0 Å². The Morgan fingerprint density at radius 2 is 1.69 bits per heavy atom. The van der Waals surface area contributed by atoms with Gasteiger partial charge in [0.25, 0.3) is 5.91 Å². The highest BCUT2D eigenvalue weighted by Crippen LogP contribution is 2.30. The number of ether oxygens (including phenoxy) is 2. The lowest BCUT2D eigenvalue weighted by atomic mass is 10.1. The first kappa shape index (κ1) is 26.1. The molecule has 3 aromatic carbocycles. The van der Waals surface area contributed by atoms with Gasteiger partial charge in [0.2, 0.25) is 5.89 Å². The molecule has 2 aromatic heterocycles. The second-order valence-electron chi connectivity index (χ2n) is 8.45. The summed E-state index contributed by atoms with van der Waals surface area (Å²) in [6.45, 7) is 0.438. The molecule has 0 saturated heterocycles. The van der Waals surface area contributed by atoms with E-state index in [1.807, 2.05) is 83.4 Å². The molecule has 1 amide bonds. The van der Waals surface area contributed by atoms with Crippen LogP contribution < -0.4 is 14.8 Å². The maximum Gasteiger partial charge on any atom is 0.273 e. The summed E-state index contributed by atoms with van der Waals surface area (Å²) in [6, 6.07) is 25.5. The topological polar surface area (TPSA) is 104 Å². The number of carbonyl (C=O) groups excluding carboxylic acids is 1. The average Bonchev–Trinajstić information content (AvgIpc) is 3.64. The van der Waals surface area contributed by atoms with Crippen LogP contribution in [-0.4, -0.2) is 46.4 Å². The second kappa shape index (κ2) is 12.3. The summed E-state index contributed by atoms with van der Waals surface area (Å²) in [4.78, 5) is 17.0. The SMILES string of the molecule is COc1ccc(CCNC(=O)c2coc(CSc3nnc(-c4ccccc4)n3-c3ccccc3)n2)cc1OC. The van der Waals surface area contributed by atoms with Gasteiger partial charge in [-0.2, -0.15) is 0 Å². The van der Waals surface area contributed by atoms with Crippen molar-refractivity contribution in [1.29, 1.82) is 0 Å². The number of hydrogen-bond donors (Lipinski definition) is 1. The van der Waals surface area contributed by atoms with Crippen LogP contribution in [-0.2, 0) is 12.2 Å². The van der Waals surface area contributed by atoms with E-state index < -0.39 is 0 Å². The van der Waals surface area contributed by atoms with Gasteiger partial charge in [-0.15, -0.1) is 10.2 Å². The number of thioether (sulfide) groups is 1. The molecule has 39 heavy (non-hydrogen) atoms. The molecule has 0 spiro atoms. The van der Waals surface area contributed by atoms with Crippen LogP contribution in [0.1, 0.15) is 21.9 Å². The number of nitrogens with zero attached hydrogens (tertiary/aromatic N) is 4. The first-order valence-electron chi connectivity index (χ1n) is 12.3. The van der Waals surface area contributed by atoms with Crippen molar-refractivity contribution in [2.24, 2.45) is 0 Å². The number of para-hydroxylation sites is 1. The highest BCUT2D eigenvalue weighted by molar-refractivity contribution is 7.98. The van der Waals surface area contributed by atoms with Crippen LogP contribution in [0.25, 0.3) is 17.1 Å². The van der Waals surface area contributed by atoms with Crippen molar-refractivity contribution in [3.05, 3.63) is 102 Å². The predicted molar refractivity (Wildman–Crippen MR) is 148 cm³/mol. The molecule has 5 aromatic rings. The Morgan fingerprint density at radius 3 is 2.44 bits per heavy atom. The number of amides is 1. The van der Waals surface area contributed by atoms with E-state index in [0.29, 0.717) is 41.3 Å². The Balaban J connectivity index is 1.22. The predicted octanol–water partition coefficient (Wildman–Crippen LogP) is 5.20. The third kappa shape index (κ3) is 6.12. The summed E-state index contributed by atoms with van der Waals surface area (Å²) in [6.07, 6.45) is 2.00. The van der Waals surface area contributed by atoms with E-state index in [-0.39, 0.29) is 11.6 Å². The van der Waals surface area contributed by atoms with Crippen molar-refractivity contribution in [3.63, 3.8) is 0 Å².